The Morgan fingerprint density at radius 2 is 1.63 bits per heavy atom. The monoisotopic (exact) mass is 421 g/mol. The second-order valence-electron chi connectivity index (χ2n) is 7.05. The molecule has 0 radical (unpaired) electrons. The normalized spacial score (nSPS) is 11.5. The van der Waals surface area contributed by atoms with Gasteiger partial charge in [0.05, 0.1) is 11.3 Å². The predicted octanol–water partition coefficient (Wildman–Crippen LogP) is 5.25. The average molecular weight is 422 g/mol. The van der Waals surface area contributed by atoms with E-state index in [1.807, 2.05) is 43.5 Å². The van der Waals surface area contributed by atoms with Gasteiger partial charge in [-0.15, -0.1) is 11.3 Å². The molecule has 5 nitrogen and oxygen atoms in total. The van der Waals surface area contributed by atoms with Crippen molar-refractivity contribution >= 4 is 34.7 Å². The number of carbonyl (C=O) groups is 3. The van der Waals surface area contributed by atoms with Crippen LogP contribution in [-0.2, 0) is 14.3 Å². The Morgan fingerprint density at radius 1 is 0.933 bits per heavy atom. The van der Waals surface area contributed by atoms with Crippen molar-refractivity contribution in [3.63, 3.8) is 0 Å². The number of Topliss-reactive ketones (excluding diaryl/α,β-unsaturated/α-hetero) is 1. The molecule has 0 unspecified atom stereocenters. The van der Waals surface area contributed by atoms with Crippen molar-refractivity contribution in [3.8, 4) is 0 Å². The smallest absolute Gasteiger partial charge is 0.307 e. The van der Waals surface area contributed by atoms with Gasteiger partial charge in [-0.2, -0.15) is 0 Å². The van der Waals surface area contributed by atoms with Gasteiger partial charge in [-0.3, -0.25) is 14.4 Å². The fourth-order valence-electron chi connectivity index (χ4n) is 3.12. The van der Waals surface area contributed by atoms with E-state index < -0.39 is 18.0 Å². The second kappa shape index (κ2) is 9.98. The number of rotatable bonds is 8. The Kier molecular flexibility index (Phi) is 7.14. The van der Waals surface area contributed by atoms with Crippen LogP contribution in [0, 0.1) is 13.8 Å². The first-order valence-corrected chi connectivity index (χ1v) is 10.5. The molecule has 1 N–H and O–H groups in total. The Labute approximate surface area is 179 Å². The van der Waals surface area contributed by atoms with Gasteiger partial charge >= 0.3 is 5.97 Å². The third kappa shape index (κ3) is 5.87. The maximum Gasteiger partial charge on any atom is 0.307 e. The summed E-state index contributed by atoms with van der Waals surface area (Å²) in [6.45, 7) is 3.89. The molecule has 3 rings (SSSR count). The zero-order valence-electron chi connectivity index (χ0n) is 16.9. The Morgan fingerprint density at radius 3 is 2.27 bits per heavy atom. The number of benzene rings is 2. The minimum Gasteiger partial charge on any atom is -0.447 e. The molecule has 2 aromatic carbocycles. The number of thiophene rings is 1. The molecule has 0 aliphatic heterocycles. The number of carbonyl (C=O) groups excluding carboxylic acids is 3. The lowest BCUT2D eigenvalue weighted by atomic mass is 10.1. The summed E-state index contributed by atoms with van der Waals surface area (Å²) in [6, 6.07) is 18.1. The van der Waals surface area contributed by atoms with E-state index in [0.717, 1.165) is 11.1 Å². The molecule has 0 saturated carbocycles. The van der Waals surface area contributed by atoms with E-state index in [-0.39, 0.29) is 18.6 Å². The van der Waals surface area contributed by atoms with Crippen LogP contribution in [0.4, 0.5) is 5.69 Å². The van der Waals surface area contributed by atoms with Gasteiger partial charge in [0.15, 0.2) is 5.78 Å². The SMILES string of the molecule is Cc1cc(C)cc(NC(=O)[C@@H](OC(=O)CCC(=O)c2cccs2)c2ccccc2)c1. The minimum absolute atomic E-state index is 0.0412. The third-order valence-electron chi connectivity index (χ3n) is 4.43. The zero-order valence-corrected chi connectivity index (χ0v) is 17.7. The molecule has 0 aliphatic rings. The number of esters is 1. The van der Waals surface area contributed by atoms with Crippen LogP contribution in [0.2, 0.25) is 0 Å². The third-order valence-corrected chi connectivity index (χ3v) is 5.34. The van der Waals surface area contributed by atoms with Gasteiger partial charge in [0.25, 0.3) is 5.91 Å². The summed E-state index contributed by atoms with van der Waals surface area (Å²) < 4.78 is 5.50. The fourth-order valence-corrected chi connectivity index (χ4v) is 3.82. The lowest BCUT2D eigenvalue weighted by Crippen LogP contribution is -2.26. The number of nitrogens with one attached hydrogen (secondary N) is 1. The lowest BCUT2D eigenvalue weighted by Gasteiger charge is -2.18. The van der Waals surface area contributed by atoms with Gasteiger partial charge in [-0.25, -0.2) is 0 Å². The summed E-state index contributed by atoms with van der Waals surface area (Å²) in [5.41, 5.74) is 3.25. The van der Waals surface area contributed by atoms with Crippen LogP contribution in [0.1, 0.15) is 45.3 Å². The molecular weight excluding hydrogens is 398 g/mol. The van der Waals surface area contributed by atoms with Gasteiger partial charge in [-0.05, 0) is 48.6 Å². The van der Waals surface area contributed by atoms with Gasteiger partial charge in [0.2, 0.25) is 6.10 Å². The van der Waals surface area contributed by atoms with E-state index in [2.05, 4.69) is 5.32 Å². The summed E-state index contributed by atoms with van der Waals surface area (Å²) in [7, 11) is 0. The molecule has 1 atom stereocenters. The summed E-state index contributed by atoms with van der Waals surface area (Å²) in [6.07, 6.45) is -1.15. The van der Waals surface area contributed by atoms with Crippen LogP contribution >= 0.6 is 11.3 Å². The largest absolute Gasteiger partial charge is 0.447 e. The fraction of sp³-hybridized carbons (Fsp3) is 0.208. The van der Waals surface area contributed by atoms with E-state index in [4.69, 9.17) is 4.74 Å². The number of hydrogen-bond acceptors (Lipinski definition) is 5. The van der Waals surface area contributed by atoms with Crippen molar-refractivity contribution in [2.24, 2.45) is 0 Å². The number of aryl methyl sites for hydroxylation is 2. The Balaban J connectivity index is 1.70. The molecule has 0 spiro atoms. The first-order valence-electron chi connectivity index (χ1n) is 9.62. The van der Waals surface area contributed by atoms with E-state index in [0.29, 0.717) is 16.1 Å². The van der Waals surface area contributed by atoms with Crippen molar-refractivity contribution in [3.05, 3.63) is 87.6 Å². The molecule has 0 fully saturated rings. The average Bonchev–Trinajstić information content (AvgIpc) is 3.25. The molecule has 3 aromatic rings. The van der Waals surface area contributed by atoms with Crippen LogP contribution in [-0.4, -0.2) is 17.7 Å². The number of ketones is 1. The standard InChI is InChI=1S/C24H23NO4S/c1-16-13-17(2)15-19(14-16)25-24(28)23(18-7-4-3-5-8-18)29-22(27)11-10-20(26)21-9-6-12-30-21/h3-9,12-15,23H,10-11H2,1-2H3,(H,25,28)/t23-/m0/s1. The number of amides is 1. The molecule has 154 valence electrons. The molecule has 0 bridgehead atoms. The van der Waals surface area contributed by atoms with E-state index >= 15 is 0 Å². The van der Waals surface area contributed by atoms with Crippen LogP contribution in [0.15, 0.2) is 66.0 Å². The van der Waals surface area contributed by atoms with Gasteiger partial charge in [0.1, 0.15) is 0 Å². The summed E-state index contributed by atoms with van der Waals surface area (Å²) in [5, 5.41) is 4.65. The summed E-state index contributed by atoms with van der Waals surface area (Å²) in [5.74, 6) is -1.15. The lowest BCUT2D eigenvalue weighted by molar-refractivity contribution is -0.154. The van der Waals surface area contributed by atoms with Crippen molar-refractivity contribution in [2.45, 2.75) is 32.8 Å². The maximum atomic E-state index is 12.9. The van der Waals surface area contributed by atoms with E-state index in [1.165, 1.54) is 11.3 Å². The van der Waals surface area contributed by atoms with Crippen LogP contribution in [0.5, 0.6) is 0 Å². The van der Waals surface area contributed by atoms with Gasteiger partial charge in [0, 0.05) is 17.7 Å². The molecule has 0 aliphatic carbocycles. The molecule has 30 heavy (non-hydrogen) atoms. The first-order chi connectivity index (χ1) is 14.4. The topological polar surface area (TPSA) is 72.5 Å². The van der Waals surface area contributed by atoms with Crippen LogP contribution in [0.3, 0.4) is 0 Å². The Hall–Kier alpha value is -3.25. The highest BCUT2D eigenvalue weighted by atomic mass is 32.1. The van der Waals surface area contributed by atoms with Gasteiger partial charge in [-0.1, -0.05) is 42.5 Å². The molecule has 6 heteroatoms. The number of ether oxygens (including phenoxy) is 1. The second-order valence-corrected chi connectivity index (χ2v) is 7.99. The van der Waals surface area contributed by atoms with Crippen molar-refractivity contribution in [2.75, 3.05) is 5.32 Å². The number of anilines is 1. The van der Waals surface area contributed by atoms with E-state index in [1.54, 1.807) is 36.4 Å². The molecule has 0 saturated heterocycles. The maximum absolute atomic E-state index is 12.9. The predicted molar refractivity (Wildman–Crippen MR) is 118 cm³/mol. The number of hydrogen-bond donors (Lipinski definition) is 1. The summed E-state index contributed by atoms with van der Waals surface area (Å²) >= 11 is 1.34. The van der Waals surface area contributed by atoms with Crippen molar-refractivity contribution in [1.82, 2.24) is 0 Å². The summed E-state index contributed by atoms with van der Waals surface area (Å²) in [4.78, 5) is 38.1. The highest BCUT2D eigenvalue weighted by Gasteiger charge is 2.25. The highest BCUT2D eigenvalue weighted by Crippen LogP contribution is 2.22. The van der Waals surface area contributed by atoms with Crippen molar-refractivity contribution < 1.29 is 19.1 Å². The van der Waals surface area contributed by atoms with Gasteiger partial charge < -0.3 is 10.1 Å². The minimum atomic E-state index is -1.10. The quantitative estimate of drug-likeness (QED) is 0.398. The van der Waals surface area contributed by atoms with Crippen molar-refractivity contribution in [1.29, 1.82) is 0 Å². The Bertz CT molecular complexity index is 1010. The van der Waals surface area contributed by atoms with E-state index in [9.17, 15) is 14.4 Å². The molecule has 1 heterocycles. The first kappa shape index (κ1) is 21.5. The zero-order chi connectivity index (χ0) is 21.5. The molecular formula is C24H23NO4S. The van der Waals surface area contributed by atoms with Crippen LogP contribution in [0.25, 0.3) is 0 Å². The van der Waals surface area contributed by atoms with Crippen LogP contribution < -0.4 is 5.32 Å². The molecule has 1 amide bonds. The highest BCUT2D eigenvalue weighted by molar-refractivity contribution is 7.12. The molecule has 1 aromatic heterocycles.